The van der Waals surface area contributed by atoms with Gasteiger partial charge in [0.05, 0.1) is 12.7 Å². The second-order valence-corrected chi connectivity index (χ2v) is 3.71. The van der Waals surface area contributed by atoms with E-state index in [0.29, 0.717) is 11.4 Å². The van der Waals surface area contributed by atoms with Gasteiger partial charge in [0.2, 0.25) is 0 Å². The molecule has 1 aromatic heterocycles. The van der Waals surface area contributed by atoms with E-state index in [9.17, 15) is 9.90 Å². The Morgan fingerprint density at radius 1 is 1.50 bits per heavy atom. The number of rotatable bonds is 2. The minimum absolute atomic E-state index is 0.400. The molecule has 0 spiro atoms. The van der Waals surface area contributed by atoms with E-state index in [4.69, 9.17) is 0 Å². The van der Waals surface area contributed by atoms with Gasteiger partial charge >= 0.3 is 5.97 Å². The minimum Gasteiger partial charge on any atom is -0.464 e. The topological polar surface area (TPSA) is 51.5 Å². The van der Waals surface area contributed by atoms with Gasteiger partial charge in [-0.2, -0.15) is 0 Å². The molecule has 78 valence electrons. The number of nitrogens with zero attached hydrogens (tertiary/aromatic N) is 1. The summed E-state index contributed by atoms with van der Waals surface area (Å²) < 4.78 is 6.23. The summed E-state index contributed by atoms with van der Waals surface area (Å²) in [5, 5.41) is 9.76. The predicted molar refractivity (Wildman–Crippen MR) is 52.0 cm³/mol. The highest BCUT2D eigenvalue weighted by atomic mass is 16.5. The van der Waals surface area contributed by atoms with Crippen molar-refractivity contribution >= 4 is 5.97 Å². The second-order valence-electron chi connectivity index (χ2n) is 3.71. The highest BCUT2D eigenvalue weighted by Gasteiger charge is 2.22. The Morgan fingerprint density at radius 3 is 2.43 bits per heavy atom. The lowest BCUT2D eigenvalue weighted by atomic mass is 10.1. The molecule has 1 heterocycles. The summed E-state index contributed by atoms with van der Waals surface area (Å²) >= 11 is 0. The molecule has 0 saturated heterocycles. The normalized spacial score (nSPS) is 11.5. The average molecular weight is 197 g/mol. The van der Waals surface area contributed by atoms with Crippen LogP contribution in [0.25, 0.3) is 0 Å². The van der Waals surface area contributed by atoms with Crippen molar-refractivity contribution in [2.75, 3.05) is 7.11 Å². The number of ether oxygens (including phenoxy) is 1. The number of hydrogen-bond donors (Lipinski definition) is 1. The summed E-state index contributed by atoms with van der Waals surface area (Å²) in [7, 11) is 3.05. The molecule has 1 rings (SSSR count). The van der Waals surface area contributed by atoms with Gasteiger partial charge in [0.25, 0.3) is 0 Å². The van der Waals surface area contributed by atoms with Crippen molar-refractivity contribution in [3.8, 4) is 0 Å². The molecule has 14 heavy (non-hydrogen) atoms. The van der Waals surface area contributed by atoms with Crippen LogP contribution < -0.4 is 0 Å². The number of carbonyl (C=O) groups is 1. The maximum Gasteiger partial charge on any atom is 0.354 e. The van der Waals surface area contributed by atoms with E-state index in [0.717, 1.165) is 0 Å². The first kappa shape index (κ1) is 10.8. The van der Waals surface area contributed by atoms with Crippen molar-refractivity contribution in [2.24, 2.45) is 7.05 Å². The lowest BCUT2D eigenvalue weighted by molar-refractivity contribution is 0.0577. The SMILES string of the molecule is COC(=O)c1ccc(C(C)(C)O)n1C. The van der Waals surface area contributed by atoms with Gasteiger partial charge in [-0.1, -0.05) is 0 Å². The highest BCUT2D eigenvalue weighted by molar-refractivity contribution is 5.87. The molecule has 4 heteroatoms. The number of carbonyl (C=O) groups excluding carboxylic acids is 1. The molecule has 0 atom stereocenters. The van der Waals surface area contributed by atoms with Crippen LogP contribution >= 0.6 is 0 Å². The molecule has 0 radical (unpaired) electrons. The van der Waals surface area contributed by atoms with Gasteiger partial charge in [0, 0.05) is 12.7 Å². The smallest absolute Gasteiger partial charge is 0.354 e. The molecule has 0 unspecified atom stereocenters. The first-order valence-corrected chi connectivity index (χ1v) is 4.35. The maximum atomic E-state index is 11.2. The van der Waals surface area contributed by atoms with Crippen LogP contribution in [0.4, 0.5) is 0 Å². The number of methoxy groups -OCH3 is 1. The first-order valence-electron chi connectivity index (χ1n) is 4.35. The van der Waals surface area contributed by atoms with Crippen molar-refractivity contribution in [3.63, 3.8) is 0 Å². The molecule has 1 aromatic rings. The summed E-state index contributed by atoms with van der Waals surface area (Å²) in [4.78, 5) is 11.2. The lowest BCUT2D eigenvalue weighted by Gasteiger charge is -2.18. The molecule has 1 N–H and O–H groups in total. The van der Waals surface area contributed by atoms with Crippen LogP contribution in [-0.4, -0.2) is 22.8 Å². The van der Waals surface area contributed by atoms with Crippen LogP contribution in [0.3, 0.4) is 0 Å². The van der Waals surface area contributed by atoms with Crippen LogP contribution in [0, 0.1) is 0 Å². The van der Waals surface area contributed by atoms with Crippen molar-refractivity contribution in [1.29, 1.82) is 0 Å². The number of hydrogen-bond acceptors (Lipinski definition) is 3. The Bertz CT molecular complexity index is 347. The lowest BCUT2D eigenvalue weighted by Crippen LogP contribution is -2.21. The minimum atomic E-state index is -0.957. The number of aliphatic hydroxyl groups is 1. The van der Waals surface area contributed by atoms with Crippen molar-refractivity contribution < 1.29 is 14.6 Å². The number of aromatic nitrogens is 1. The molecular weight excluding hydrogens is 182 g/mol. The highest BCUT2D eigenvalue weighted by Crippen LogP contribution is 2.21. The molecule has 0 saturated carbocycles. The summed E-state index contributed by atoms with van der Waals surface area (Å²) in [5.41, 5.74) is 0.156. The molecule has 0 aliphatic carbocycles. The van der Waals surface area contributed by atoms with E-state index < -0.39 is 11.6 Å². The summed E-state index contributed by atoms with van der Waals surface area (Å²) in [6.45, 7) is 3.34. The van der Waals surface area contributed by atoms with E-state index in [1.807, 2.05) is 0 Å². The molecule has 0 amide bonds. The standard InChI is InChI=1S/C10H15NO3/c1-10(2,13)8-6-5-7(11(8)3)9(12)14-4/h5-6,13H,1-4H3. The summed E-state index contributed by atoms with van der Waals surface area (Å²) in [6.07, 6.45) is 0. The fourth-order valence-corrected chi connectivity index (χ4v) is 1.44. The Kier molecular flexibility index (Phi) is 2.66. The predicted octanol–water partition coefficient (Wildman–Crippen LogP) is 1.04. The van der Waals surface area contributed by atoms with Gasteiger partial charge in [-0.15, -0.1) is 0 Å². The maximum absolute atomic E-state index is 11.2. The van der Waals surface area contributed by atoms with Gasteiger partial charge in [-0.05, 0) is 26.0 Å². The molecule has 0 aromatic carbocycles. The molecule has 4 nitrogen and oxygen atoms in total. The van der Waals surface area contributed by atoms with Gasteiger partial charge in [0.15, 0.2) is 0 Å². The molecular formula is C10H15NO3. The van der Waals surface area contributed by atoms with Gasteiger partial charge < -0.3 is 14.4 Å². The van der Waals surface area contributed by atoms with E-state index in [2.05, 4.69) is 4.74 Å². The first-order chi connectivity index (χ1) is 6.38. The Hall–Kier alpha value is -1.29. The van der Waals surface area contributed by atoms with Gasteiger partial charge in [-0.3, -0.25) is 0 Å². The van der Waals surface area contributed by atoms with E-state index in [-0.39, 0.29) is 0 Å². The largest absolute Gasteiger partial charge is 0.464 e. The van der Waals surface area contributed by atoms with Crippen molar-refractivity contribution in [3.05, 3.63) is 23.5 Å². The fourth-order valence-electron chi connectivity index (χ4n) is 1.44. The van der Waals surface area contributed by atoms with Crippen LogP contribution in [0.15, 0.2) is 12.1 Å². The van der Waals surface area contributed by atoms with Gasteiger partial charge in [-0.25, -0.2) is 4.79 Å². The van der Waals surface area contributed by atoms with E-state index in [1.165, 1.54) is 7.11 Å². The average Bonchev–Trinajstić information content (AvgIpc) is 2.45. The molecule has 0 bridgehead atoms. The Morgan fingerprint density at radius 2 is 2.07 bits per heavy atom. The second kappa shape index (κ2) is 3.46. The summed E-state index contributed by atoms with van der Waals surface area (Å²) in [5.74, 6) is -0.400. The zero-order valence-corrected chi connectivity index (χ0v) is 8.87. The third-order valence-electron chi connectivity index (χ3n) is 2.14. The van der Waals surface area contributed by atoms with Crippen LogP contribution in [0.1, 0.15) is 30.0 Å². The Balaban J connectivity index is 3.15. The molecule has 0 aliphatic heterocycles. The van der Waals surface area contributed by atoms with Crippen molar-refractivity contribution in [1.82, 2.24) is 4.57 Å². The quantitative estimate of drug-likeness (QED) is 0.721. The zero-order valence-electron chi connectivity index (χ0n) is 8.87. The third kappa shape index (κ3) is 1.80. The van der Waals surface area contributed by atoms with Crippen LogP contribution in [0.2, 0.25) is 0 Å². The van der Waals surface area contributed by atoms with E-state index >= 15 is 0 Å². The summed E-state index contributed by atoms with van der Waals surface area (Å²) in [6, 6.07) is 3.35. The zero-order chi connectivity index (χ0) is 10.9. The van der Waals surface area contributed by atoms with Crippen LogP contribution in [0.5, 0.6) is 0 Å². The number of esters is 1. The van der Waals surface area contributed by atoms with Crippen LogP contribution in [-0.2, 0) is 17.4 Å². The Labute approximate surface area is 83.1 Å². The van der Waals surface area contributed by atoms with E-state index in [1.54, 1.807) is 37.6 Å². The van der Waals surface area contributed by atoms with Gasteiger partial charge in [0.1, 0.15) is 5.69 Å². The van der Waals surface area contributed by atoms with Crippen molar-refractivity contribution in [2.45, 2.75) is 19.4 Å². The third-order valence-corrected chi connectivity index (χ3v) is 2.14. The monoisotopic (exact) mass is 197 g/mol. The molecule has 0 aliphatic rings. The molecule has 0 fully saturated rings. The fraction of sp³-hybridized carbons (Fsp3) is 0.500.